The maximum Gasteiger partial charge on any atom is 0.251 e. The second-order valence-electron chi connectivity index (χ2n) is 5.99. The number of β-amino-alcohol motifs (C(OH)–C–C–N with tert-alkyl or cyclic N) is 1. The number of hydrogen-bond donors (Lipinski definition) is 1. The van der Waals surface area contributed by atoms with Gasteiger partial charge in [0.1, 0.15) is 6.10 Å². The fourth-order valence-corrected chi connectivity index (χ4v) is 3.27. The molecule has 1 aromatic carbocycles. The first-order valence-corrected chi connectivity index (χ1v) is 8.10. The van der Waals surface area contributed by atoms with E-state index in [-0.39, 0.29) is 24.7 Å². The third-order valence-corrected chi connectivity index (χ3v) is 4.57. The molecule has 2 aliphatic rings. The Balaban J connectivity index is 1.52. The van der Waals surface area contributed by atoms with Gasteiger partial charge in [-0.25, -0.2) is 0 Å². The van der Waals surface area contributed by atoms with E-state index < -0.39 is 0 Å². The van der Waals surface area contributed by atoms with Crippen molar-refractivity contribution in [3.05, 3.63) is 35.9 Å². The quantitative estimate of drug-likeness (QED) is 0.903. The Hall–Kier alpha value is -1.43. The number of carbonyl (C=O) groups is 1. The summed E-state index contributed by atoms with van der Waals surface area (Å²) >= 11 is 0. The first kappa shape index (κ1) is 15.5. The van der Waals surface area contributed by atoms with Gasteiger partial charge >= 0.3 is 0 Å². The molecule has 1 amide bonds. The first-order chi connectivity index (χ1) is 10.8. The van der Waals surface area contributed by atoms with Crippen molar-refractivity contribution in [2.75, 3.05) is 39.3 Å². The average Bonchev–Trinajstić information content (AvgIpc) is 3.06. The predicted molar refractivity (Wildman–Crippen MR) is 83.4 cm³/mol. The molecule has 2 atom stereocenters. The van der Waals surface area contributed by atoms with E-state index in [1.807, 2.05) is 23.1 Å². The smallest absolute Gasteiger partial charge is 0.251 e. The molecule has 5 heteroatoms. The highest BCUT2D eigenvalue weighted by molar-refractivity contribution is 5.81. The number of rotatable bonds is 4. The van der Waals surface area contributed by atoms with E-state index in [0.717, 1.165) is 44.6 Å². The average molecular weight is 304 g/mol. The first-order valence-electron chi connectivity index (χ1n) is 8.10. The second-order valence-corrected chi connectivity index (χ2v) is 5.99. The molecule has 0 aliphatic carbocycles. The molecule has 2 heterocycles. The van der Waals surface area contributed by atoms with Gasteiger partial charge in [0.15, 0.2) is 0 Å². The molecule has 0 unspecified atom stereocenters. The van der Waals surface area contributed by atoms with Crippen LogP contribution in [-0.4, -0.2) is 66.2 Å². The maximum absolute atomic E-state index is 12.6. The van der Waals surface area contributed by atoms with Crippen LogP contribution in [0.4, 0.5) is 0 Å². The lowest BCUT2D eigenvalue weighted by molar-refractivity contribution is -0.144. The number of amides is 1. The van der Waals surface area contributed by atoms with Crippen molar-refractivity contribution in [3.8, 4) is 0 Å². The molecule has 1 aromatic rings. The van der Waals surface area contributed by atoms with Crippen molar-refractivity contribution in [1.29, 1.82) is 0 Å². The lowest BCUT2D eigenvalue weighted by atomic mass is 10.1. The van der Waals surface area contributed by atoms with Crippen LogP contribution in [0.1, 0.15) is 24.5 Å². The van der Waals surface area contributed by atoms with E-state index in [9.17, 15) is 4.79 Å². The monoisotopic (exact) mass is 304 g/mol. The van der Waals surface area contributed by atoms with Gasteiger partial charge in [-0.15, -0.1) is 0 Å². The fraction of sp³-hybridized carbons (Fsp3) is 0.588. The number of aliphatic hydroxyl groups excluding tert-OH is 1. The van der Waals surface area contributed by atoms with Crippen LogP contribution in [0.15, 0.2) is 30.3 Å². The van der Waals surface area contributed by atoms with Gasteiger partial charge in [0.2, 0.25) is 0 Å². The zero-order valence-corrected chi connectivity index (χ0v) is 12.9. The molecule has 2 aliphatic heterocycles. The Kier molecular flexibility index (Phi) is 5.08. The van der Waals surface area contributed by atoms with Crippen molar-refractivity contribution in [2.24, 2.45) is 0 Å². The summed E-state index contributed by atoms with van der Waals surface area (Å²) in [4.78, 5) is 16.7. The van der Waals surface area contributed by atoms with Gasteiger partial charge in [-0.3, -0.25) is 9.69 Å². The number of carbonyl (C=O) groups excluding carboxylic acids is 1. The fourth-order valence-electron chi connectivity index (χ4n) is 3.27. The van der Waals surface area contributed by atoms with E-state index in [1.54, 1.807) is 0 Å². The van der Waals surface area contributed by atoms with Crippen LogP contribution in [0, 0.1) is 0 Å². The molecule has 3 rings (SSSR count). The van der Waals surface area contributed by atoms with Crippen molar-refractivity contribution >= 4 is 5.91 Å². The van der Waals surface area contributed by atoms with Crippen LogP contribution < -0.4 is 0 Å². The lowest BCUT2D eigenvalue weighted by Crippen LogP contribution is -2.51. The number of nitrogens with zero attached hydrogens (tertiary/aromatic N) is 2. The summed E-state index contributed by atoms with van der Waals surface area (Å²) in [6, 6.07) is 10.1. The molecular weight excluding hydrogens is 280 g/mol. The molecule has 2 fully saturated rings. The van der Waals surface area contributed by atoms with Crippen molar-refractivity contribution in [2.45, 2.75) is 25.0 Å². The normalized spacial score (nSPS) is 26.3. The van der Waals surface area contributed by atoms with Crippen LogP contribution in [0.3, 0.4) is 0 Å². The Bertz CT molecular complexity index is 486. The zero-order chi connectivity index (χ0) is 15.4. The lowest BCUT2D eigenvalue weighted by Gasteiger charge is -2.35. The molecule has 1 N–H and O–H groups in total. The summed E-state index contributed by atoms with van der Waals surface area (Å²) in [5, 5.41) is 8.96. The molecule has 0 aromatic heterocycles. The third kappa shape index (κ3) is 3.48. The number of benzene rings is 1. The Labute approximate surface area is 131 Å². The summed E-state index contributed by atoms with van der Waals surface area (Å²) in [6.07, 6.45) is 1.46. The van der Waals surface area contributed by atoms with Crippen LogP contribution in [-0.2, 0) is 9.53 Å². The predicted octanol–water partition coefficient (Wildman–Crippen LogP) is 1.04. The van der Waals surface area contributed by atoms with Crippen molar-refractivity contribution in [3.63, 3.8) is 0 Å². The van der Waals surface area contributed by atoms with Crippen molar-refractivity contribution in [1.82, 2.24) is 9.80 Å². The molecular formula is C17H24N2O3. The van der Waals surface area contributed by atoms with Gasteiger partial charge < -0.3 is 14.7 Å². The van der Waals surface area contributed by atoms with Crippen LogP contribution in [0.25, 0.3) is 0 Å². The van der Waals surface area contributed by atoms with E-state index in [4.69, 9.17) is 9.84 Å². The highest BCUT2D eigenvalue weighted by Crippen LogP contribution is 2.33. The van der Waals surface area contributed by atoms with Gasteiger partial charge in [-0.05, 0) is 18.4 Å². The topological polar surface area (TPSA) is 53.0 Å². The van der Waals surface area contributed by atoms with Crippen LogP contribution in [0.2, 0.25) is 0 Å². The Morgan fingerprint density at radius 1 is 1.14 bits per heavy atom. The minimum absolute atomic E-state index is 0.0471. The molecule has 0 radical (unpaired) electrons. The molecule has 0 saturated carbocycles. The SMILES string of the molecule is O=C([C@H]1CC[C@@H](c2ccccc2)O1)N1CCN(CCO)CC1. The van der Waals surface area contributed by atoms with E-state index in [2.05, 4.69) is 17.0 Å². The molecule has 22 heavy (non-hydrogen) atoms. The minimum Gasteiger partial charge on any atom is -0.395 e. The molecule has 2 saturated heterocycles. The van der Waals surface area contributed by atoms with Crippen LogP contribution in [0.5, 0.6) is 0 Å². The van der Waals surface area contributed by atoms with Gasteiger partial charge in [-0.1, -0.05) is 30.3 Å². The highest BCUT2D eigenvalue weighted by atomic mass is 16.5. The Morgan fingerprint density at radius 3 is 2.55 bits per heavy atom. The number of ether oxygens (including phenoxy) is 1. The summed E-state index contributed by atoms with van der Waals surface area (Å²) in [7, 11) is 0. The summed E-state index contributed by atoms with van der Waals surface area (Å²) < 4.78 is 5.99. The van der Waals surface area contributed by atoms with E-state index in [0.29, 0.717) is 6.54 Å². The summed E-state index contributed by atoms with van der Waals surface area (Å²) in [5.74, 6) is 0.127. The molecule has 0 spiro atoms. The second kappa shape index (κ2) is 7.22. The van der Waals surface area contributed by atoms with E-state index in [1.165, 1.54) is 0 Å². The maximum atomic E-state index is 12.6. The standard InChI is InChI=1S/C17H24N2O3/c20-13-12-18-8-10-19(11-9-18)17(21)16-7-6-15(22-16)14-4-2-1-3-5-14/h1-5,15-16,20H,6-13H2/t15-,16+/m0/s1. The van der Waals surface area contributed by atoms with E-state index >= 15 is 0 Å². The zero-order valence-electron chi connectivity index (χ0n) is 12.9. The van der Waals surface area contributed by atoms with Gasteiger partial charge in [0, 0.05) is 32.7 Å². The number of piperazine rings is 1. The third-order valence-electron chi connectivity index (χ3n) is 4.57. The van der Waals surface area contributed by atoms with Gasteiger partial charge in [-0.2, -0.15) is 0 Å². The molecule has 5 nitrogen and oxygen atoms in total. The summed E-state index contributed by atoms with van der Waals surface area (Å²) in [5.41, 5.74) is 1.16. The summed E-state index contributed by atoms with van der Waals surface area (Å²) in [6.45, 7) is 4.00. The van der Waals surface area contributed by atoms with Gasteiger partial charge in [0.05, 0.1) is 12.7 Å². The van der Waals surface area contributed by atoms with Crippen molar-refractivity contribution < 1.29 is 14.6 Å². The number of aliphatic hydroxyl groups is 1. The number of hydrogen-bond acceptors (Lipinski definition) is 4. The molecule has 0 bridgehead atoms. The molecule has 120 valence electrons. The largest absolute Gasteiger partial charge is 0.395 e. The minimum atomic E-state index is -0.297. The van der Waals surface area contributed by atoms with Gasteiger partial charge in [0.25, 0.3) is 5.91 Å². The highest BCUT2D eigenvalue weighted by Gasteiger charge is 2.35. The van der Waals surface area contributed by atoms with Crippen LogP contribution >= 0.6 is 0 Å². The Morgan fingerprint density at radius 2 is 1.86 bits per heavy atom.